The number of halogens is 3. The molecule has 1 aromatic heterocycles. The molecule has 1 aliphatic heterocycles. The van der Waals surface area contributed by atoms with Gasteiger partial charge in [-0.25, -0.2) is 0 Å². The van der Waals surface area contributed by atoms with Crippen molar-refractivity contribution in [1.29, 1.82) is 0 Å². The first-order valence-corrected chi connectivity index (χ1v) is 14.7. The maximum atomic E-state index is 13.8. The van der Waals surface area contributed by atoms with Gasteiger partial charge >= 0.3 is 6.18 Å². The second-order valence-electron chi connectivity index (χ2n) is 12.3. The molecule has 0 bridgehead atoms. The molecular weight excluding hydrogens is 539 g/mol. The maximum absolute atomic E-state index is 13.8. The van der Waals surface area contributed by atoms with Crippen molar-refractivity contribution in [3.63, 3.8) is 0 Å². The molecule has 1 fully saturated rings. The number of pyridine rings is 1. The lowest BCUT2D eigenvalue weighted by atomic mass is 9.69. The van der Waals surface area contributed by atoms with E-state index in [-0.39, 0.29) is 36.1 Å². The predicted molar refractivity (Wildman–Crippen MR) is 156 cm³/mol. The van der Waals surface area contributed by atoms with E-state index in [1.807, 2.05) is 30.5 Å². The van der Waals surface area contributed by atoms with E-state index in [9.17, 15) is 22.8 Å². The Morgan fingerprint density at radius 1 is 1.00 bits per heavy atom. The van der Waals surface area contributed by atoms with Crippen LogP contribution in [-0.4, -0.2) is 28.9 Å². The number of nitrogens with one attached hydrogen (secondary N) is 2. The minimum absolute atomic E-state index is 0.0288. The molecule has 4 atom stereocenters. The Morgan fingerprint density at radius 3 is 2.43 bits per heavy atom. The molecule has 0 radical (unpaired) electrons. The molecule has 1 aliphatic carbocycles. The molecule has 222 valence electrons. The number of alkyl halides is 3. The number of carbonyl (C=O) groups excluding carboxylic acids is 2. The third-order valence-corrected chi connectivity index (χ3v) is 8.96. The first kappa shape index (κ1) is 30.0. The number of aromatic nitrogens is 1. The SMILES string of the molecule is CC(C)(CC1CCCC(=O)c2ccccc2C(C(=O)NCc2ccc([C@H]3CCC3C(F)(F)F)cc2)N1)c1cccnc1. The quantitative estimate of drug-likeness (QED) is 0.312. The van der Waals surface area contributed by atoms with Crippen molar-refractivity contribution in [3.05, 3.63) is 101 Å². The van der Waals surface area contributed by atoms with Crippen molar-refractivity contribution in [1.82, 2.24) is 15.6 Å². The van der Waals surface area contributed by atoms with Crippen LogP contribution < -0.4 is 10.6 Å². The molecular formula is C34H38F3N3O2. The smallest absolute Gasteiger partial charge is 0.350 e. The minimum Gasteiger partial charge on any atom is -0.350 e. The van der Waals surface area contributed by atoms with Gasteiger partial charge in [0.25, 0.3) is 0 Å². The lowest BCUT2D eigenvalue weighted by Crippen LogP contribution is -2.44. The van der Waals surface area contributed by atoms with Gasteiger partial charge in [0.05, 0.1) is 5.92 Å². The van der Waals surface area contributed by atoms with Gasteiger partial charge in [0.2, 0.25) is 5.91 Å². The highest BCUT2D eigenvalue weighted by atomic mass is 19.4. The standard InChI is InChI=1S/C34H38F3N3O2/c1-33(2,24-7-6-18-38-21-24)19-25-8-5-11-30(41)27-9-3-4-10-28(27)31(40-25)32(42)39-20-22-12-14-23(15-13-22)26-16-17-29(26)34(35,36)37/h3-4,6-7,9-10,12-15,18,21,25-26,29,31,40H,5,8,11,16-17,19-20H2,1-2H3,(H,39,42)/t25?,26-,29?,31?/m1/s1. The predicted octanol–water partition coefficient (Wildman–Crippen LogP) is 7.19. The van der Waals surface area contributed by atoms with E-state index in [0.717, 1.165) is 24.0 Å². The summed E-state index contributed by atoms with van der Waals surface area (Å²) < 4.78 is 39.7. The Hall–Kier alpha value is -3.52. The average molecular weight is 578 g/mol. The van der Waals surface area contributed by atoms with Crippen LogP contribution in [0.1, 0.15) is 96.9 Å². The van der Waals surface area contributed by atoms with E-state index >= 15 is 0 Å². The van der Waals surface area contributed by atoms with Gasteiger partial charge in [0.1, 0.15) is 6.04 Å². The summed E-state index contributed by atoms with van der Waals surface area (Å²) in [5.74, 6) is -2.00. The van der Waals surface area contributed by atoms with Gasteiger partial charge in [0, 0.05) is 37.0 Å². The zero-order valence-corrected chi connectivity index (χ0v) is 24.1. The molecule has 3 aromatic rings. The molecule has 0 spiro atoms. The van der Waals surface area contributed by atoms with Crippen LogP contribution in [0.5, 0.6) is 0 Å². The fraction of sp³-hybridized carbons (Fsp3) is 0.441. The van der Waals surface area contributed by atoms with Crippen LogP contribution in [0.2, 0.25) is 0 Å². The summed E-state index contributed by atoms with van der Waals surface area (Å²) in [6.07, 6.45) is 2.77. The average Bonchev–Trinajstić information content (AvgIpc) is 3.00. The number of rotatable bonds is 7. The first-order chi connectivity index (χ1) is 20.0. The largest absolute Gasteiger partial charge is 0.392 e. The Labute approximate surface area is 245 Å². The molecule has 42 heavy (non-hydrogen) atoms. The number of hydrogen-bond donors (Lipinski definition) is 2. The lowest BCUT2D eigenvalue weighted by molar-refractivity contribution is -0.200. The van der Waals surface area contributed by atoms with Gasteiger partial charge < -0.3 is 5.32 Å². The number of fused-ring (bicyclic) bond motifs is 1. The fourth-order valence-corrected chi connectivity index (χ4v) is 6.39. The van der Waals surface area contributed by atoms with Crippen LogP contribution >= 0.6 is 0 Å². The van der Waals surface area contributed by atoms with Crippen LogP contribution in [0, 0.1) is 5.92 Å². The van der Waals surface area contributed by atoms with Crippen molar-refractivity contribution >= 4 is 11.7 Å². The van der Waals surface area contributed by atoms with E-state index in [4.69, 9.17) is 0 Å². The van der Waals surface area contributed by atoms with E-state index in [2.05, 4.69) is 35.5 Å². The summed E-state index contributed by atoms with van der Waals surface area (Å²) in [5.41, 5.74) is 3.60. The third kappa shape index (κ3) is 6.75. The molecule has 0 saturated heterocycles. The van der Waals surface area contributed by atoms with Gasteiger partial charge in [-0.3, -0.25) is 19.9 Å². The summed E-state index contributed by atoms with van der Waals surface area (Å²) in [7, 11) is 0. The Kier molecular flexibility index (Phi) is 8.83. The molecule has 5 rings (SSSR count). The molecule has 1 saturated carbocycles. The second kappa shape index (κ2) is 12.4. The van der Waals surface area contributed by atoms with Crippen LogP contribution in [-0.2, 0) is 16.8 Å². The highest BCUT2D eigenvalue weighted by molar-refractivity contribution is 5.99. The lowest BCUT2D eigenvalue weighted by Gasteiger charge is -2.38. The Balaban J connectivity index is 1.33. The Morgan fingerprint density at radius 2 is 1.76 bits per heavy atom. The van der Waals surface area contributed by atoms with Crippen LogP contribution in [0.3, 0.4) is 0 Å². The molecule has 1 amide bonds. The zero-order valence-electron chi connectivity index (χ0n) is 24.1. The molecule has 3 unspecified atom stereocenters. The fourth-order valence-electron chi connectivity index (χ4n) is 6.39. The number of carbonyl (C=O) groups is 2. The summed E-state index contributed by atoms with van der Waals surface area (Å²) in [6.45, 7) is 4.56. The van der Waals surface area contributed by atoms with Crippen molar-refractivity contribution in [2.75, 3.05) is 0 Å². The summed E-state index contributed by atoms with van der Waals surface area (Å²) in [6, 6.07) is 17.6. The number of amides is 1. The van der Waals surface area contributed by atoms with Crippen LogP contribution in [0.25, 0.3) is 0 Å². The highest BCUT2D eigenvalue weighted by Gasteiger charge is 2.50. The molecule has 2 heterocycles. The van der Waals surface area contributed by atoms with Gasteiger partial charge in [-0.1, -0.05) is 68.4 Å². The third-order valence-electron chi connectivity index (χ3n) is 8.96. The number of hydrogen-bond acceptors (Lipinski definition) is 4. The summed E-state index contributed by atoms with van der Waals surface area (Å²) >= 11 is 0. The van der Waals surface area contributed by atoms with Gasteiger partial charge in [0.15, 0.2) is 5.78 Å². The zero-order chi connectivity index (χ0) is 29.9. The number of benzene rings is 2. The Bertz CT molecular complexity index is 1390. The highest BCUT2D eigenvalue weighted by Crippen LogP contribution is 2.50. The monoisotopic (exact) mass is 577 g/mol. The van der Waals surface area contributed by atoms with Crippen molar-refractivity contribution in [2.24, 2.45) is 5.92 Å². The van der Waals surface area contributed by atoms with Gasteiger partial charge in [-0.15, -0.1) is 0 Å². The van der Waals surface area contributed by atoms with Crippen molar-refractivity contribution < 1.29 is 22.8 Å². The number of nitrogens with zero attached hydrogens (tertiary/aromatic N) is 1. The summed E-state index contributed by atoms with van der Waals surface area (Å²) in [4.78, 5) is 31.2. The van der Waals surface area contributed by atoms with Crippen molar-refractivity contribution in [3.8, 4) is 0 Å². The number of ketones is 1. The van der Waals surface area contributed by atoms with Gasteiger partial charge in [-0.05, 0) is 71.8 Å². The van der Waals surface area contributed by atoms with Crippen LogP contribution in [0.15, 0.2) is 73.1 Å². The normalized spacial score (nSPS) is 23.1. The minimum atomic E-state index is -4.18. The van der Waals surface area contributed by atoms with Gasteiger partial charge in [-0.2, -0.15) is 13.2 Å². The summed E-state index contributed by atoms with van der Waals surface area (Å²) in [5, 5.41) is 6.62. The van der Waals surface area contributed by atoms with E-state index in [1.54, 1.807) is 36.5 Å². The first-order valence-electron chi connectivity index (χ1n) is 14.7. The molecule has 2 aliphatic rings. The molecule has 2 aromatic carbocycles. The maximum Gasteiger partial charge on any atom is 0.392 e. The van der Waals surface area contributed by atoms with E-state index < -0.39 is 24.1 Å². The number of Topliss-reactive ketones (excluding diaryl/α,β-unsaturated/α-hetero) is 1. The van der Waals surface area contributed by atoms with Crippen molar-refractivity contribution in [2.45, 2.75) is 88.5 Å². The van der Waals surface area contributed by atoms with E-state index in [0.29, 0.717) is 36.0 Å². The topological polar surface area (TPSA) is 71.1 Å². The molecule has 8 heteroatoms. The van der Waals surface area contributed by atoms with Crippen LogP contribution in [0.4, 0.5) is 13.2 Å². The molecule has 2 N–H and O–H groups in total. The second-order valence-corrected chi connectivity index (χ2v) is 12.3. The molecule has 5 nitrogen and oxygen atoms in total. The van der Waals surface area contributed by atoms with E-state index in [1.165, 1.54) is 0 Å².